The molecule has 0 N–H and O–H groups in total. The van der Waals surface area contributed by atoms with Crippen LogP contribution in [-0.2, 0) is 9.53 Å². The van der Waals surface area contributed by atoms with E-state index in [4.69, 9.17) is 4.74 Å². The van der Waals surface area contributed by atoms with E-state index in [9.17, 15) is 19.7 Å². The molecule has 2 amide bonds. The molecular weight excluding hydrogens is 492 g/mol. The minimum Gasteiger partial charge on any atom is -0.378 e. The highest BCUT2D eigenvalue weighted by Crippen LogP contribution is 2.37. The first-order valence-corrected chi connectivity index (χ1v) is 12.7. The number of nitrogens with zero attached hydrogens (tertiary/aromatic N) is 4. The van der Waals surface area contributed by atoms with E-state index in [2.05, 4.69) is 0 Å². The van der Waals surface area contributed by atoms with Crippen molar-refractivity contribution in [2.45, 2.75) is 20.8 Å². The summed E-state index contributed by atoms with van der Waals surface area (Å²) in [6.45, 7) is 8.01. The van der Waals surface area contributed by atoms with Crippen LogP contribution in [0.5, 0.6) is 0 Å². The first-order chi connectivity index (χ1) is 17.7. The predicted octanol–water partition coefficient (Wildman–Crippen LogP) is 5.39. The summed E-state index contributed by atoms with van der Waals surface area (Å²) < 4.78 is 7.31. The van der Waals surface area contributed by atoms with Crippen LogP contribution in [0, 0.1) is 30.9 Å². The van der Waals surface area contributed by atoms with Gasteiger partial charge in [0.15, 0.2) is 0 Å². The summed E-state index contributed by atoms with van der Waals surface area (Å²) in [5, 5.41) is 11.6. The van der Waals surface area contributed by atoms with Gasteiger partial charge in [0.25, 0.3) is 16.8 Å². The van der Waals surface area contributed by atoms with Crippen molar-refractivity contribution in [2.24, 2.45) is 0 Å². The topological polar surface area (TPSA) is 97.9 Å². The summed E-state index contributed by atoms with van der Waals surface area (Å²) in [4.78, 5) is 40.8. The van der Waals surface area contributed by atoms with Crippen LogP contribution < -0.4 is 9.80 Å². The number of aromatic nitrogens is 1. The molecule has 2 aliphatic rings. The third kappa shape index (κ3) is 4.65. The van der Waals surface area contributed by atoms with Gasteiger partial charge in [0.1, 0.15) is 5.69 Å². The minimum absolute atomic E-state index is 0.0349. The first kappa shape index (κ1) is 24.8. The maximum atomic E-state index is 13.1. The summed E-state index contributed by atoms with van der Waals surface area (Å²) in [6, 6.07) is 14.4. The zero-order valence-corrected chi connectivity index (χ0v) is 21.6. The lowest BCUT2D eigenvalue weighted by Crippen LogP contribution is -2.36. The van der Waals surface area contributed by atoms with Gasteiger partial charge in [-0.05, 0) is 74.5 Å². The number of nitro benzene ring substituents is 1. The molecule has 0 radical (unpaired) electrons. The Morgan fingerprint density at radius 1 is 0.973 bits per heavy atom. The van der Waals surface area contributed by atoms with Crippen LogP contribution in [0.4, 0.5) is 21.9 Å². The smallest absolute Gasteiger partial charge is 0.298 e. The number of amides is 2. The highest BCUT2D eigenvalue weighted by molar-refractivity contribution is 8.19. The lowest BCUT2D eigenvalue weighted by atomic mass is 10.2. The number of aryl methyl sites for hydroxylation is 2. The van der Waals surface area contributed by atoms with E-state index in [0.717, 1.165) is 34.3 Å². The molecule has 10 heteroatoms. The van der Waals surface area contributed by atoms with Crippen molar-refractivity contribution in [1.82, 2.24) is 4.57 Å². The molecule has 9 nitrogen and oxygen atoms in total. The molecule has 3 aromatic rings. The van der Waals surface area contributed by atoms with Gasteiger partial charge in [0.2, 0.25) is 0 Å². The number of hydrogen-bond acceptors (Lipinski definition) is 7. The number of ether oxygens (including phenoxy) is 1. The van der Waals surface area contributed by atoms with Gasteiger partial charge in [0.05, 0.1) is 34.4 Å². The second kappa shape index (κ2) is 9.87. The van der Waals surface area contributed by atoms with Crippen molar-refractivity contribution in [3.8, 4) is 5.69 Å². The van der Waals surface area contributed by atoms with Crippen LogP contribution in [0.15, 0.2) is 53.4 Å². The Hall–Kier alpha value is -3.89. The Balaban J connectivity index is 1.48. The summed E-state index contributed by atoms with van der Waals surface area (Å²) in [5.41, 5.74) is 5.28. The molecule has 5 rings (SSSR count). The van der Waals surface area contributed by atoms with E-state index in [1.54, 1.807) is 30.3 Å². The Kier molecular flexibility index (Phi) is 6.61. The lowest BCUT2D eigenvalue weighted by molar-refractivity contribution is -0.384. The fraction of sp³-hybridized carbons (Fsp3) is 0.259. The molecule has 0 atom stereocenters. The van der Waals surface area contributed by atoms with Crippen LogP contribution in [0.2, 0.25) is 0 Å². The normalized spacial score (nSPS) is 17.2. The SMILES string of the molecule is Cc1ccc(N2C(=O)S/C(=C\c3cc(C)n(-c4ccc(N5CCOCC5)c([N+](=O)[O-])c4)c3C)C2=O)cc1. The van der Waals surface area contributed by atoms with Crippen LogP contribution in [0.3, 0.4) is 0 Å². The van der Waals surface area contributed by atoms with Crippen LogP contribution in [0.25, 0.3) is 11.8 Å². The maximum absolute atomic E-state index is 13.1. The number of benzene rings is 2. The minimum atomic E-state index is -0.367. The molecule has 0 spiro atoms. The van der Waals surface area contributed by atoms with E-state index in [1.807, 2.05) is 54.5 Å². The number of thioether (sulfide) groups is 1. The molecule has 190 valence electrons. The molecule has 2 fully saturated rings. The molecule has 0 bridgehead atoms. The van der Waals surface area contributed by atoms with Gasteiger partial charge in [-0.1, -0.05) is 17.7 Å². The first-order valence-electron chi connectivity index (χ1n) is 11.9. The summed E-state index contributed by atoms with van der Waals surface area (Å²) in [6.07, 6.45) is 1.72. The fourth-order valence-corrected chi connectivity index (χ4v) is 5.56. The second-order valence-corrected chi connectivity index (χ2v) is 10.0. The predicted molar refractivity (Wildman–Crippen MR) is 145 cm³/mol. The third-order valence-electron chi connectivity index (χ3n) is 6.61. The summed E-state index contributed by atoms with van der Waals surface area (Å²) in [5.74, 6) is -0.367. The van der Waals surface area contributed by atoms with Crippen LogP contribution in [-0.4, -0.2) is 46.9 Å². The molecule has 0 saturated carbocycles. The van der Waals surface area contributed by atoms with Gasteiger partial charge in [-0.3, -0.25) is 19.7 Å². The van der Waals surface area contributed by atoms with Crippen molar-refractivity contribution in [1.29, 1.82) is 0 Å². The molecule has 1 aromatic heterocycles. The average Bonchev–Trinajstić information content (AvgIpc) is 3.33. The van der Waals surface area contributed by atoms with Crippen molar-refractivity contribution < 1.29 is 19.2 Å². The molecule has 2 aromatic carbocycles. The number of anilines is 2. The zero-order chi connectivity index (χ0) is 26.3. The van der Waals surface area contributed by atoms with Crippen LogP contribution >= 0.6 is 11.8 Å². The quantitative estimate of drug-likeness (QED) is 0.254. The third-order valence-corrected chi connectivity index (χ3v) is 7.48. The summed E-state index contributed by atoms with van der Waals surface area (Å²) >= 11 is 0.904. The number of hydrogen-bond donors (Lipinski definition) is 0. The van der Waals surface area contributed by atoms with Gasteiger partial charge in [-0.2, -0.15) is 0 Å². The Labute approximate surface area is 218 Å². The maximum Gasteiger partial charge on any atom is 0.298 e. The number of imide groups is 1. The van der Waals surface area contributed by atoms with E-state index in [1.165, 1.54) is 4.90 Å². The van der Waals surface area contributed by atoms with Crippen molar-refractivity contribution >= 4 is 46.0 Å². The molecule has 37 heavy (non-hydrogen) atoms. The molecule has 0 aliphatic carbocycles. The van der Waals surface area contributed by atoms with E-state index < -0.39 is 0 Å². The second-order valence-electron chi connectivity index (χ2n) is 9.04. The monoisotopic (exact) mass is 518 g/mol. The number of nitro groups is 1. The number of carbonyl (C=O) groups is 2. The highest BCUT2D eigenvalue weighted by Gasteiger charge is 2.36. The zero-order valence-electron chi connectivity index (χ0n) is 20.8. The van der Waals surface area contributed by atoms with Gasteiger partial charge in [0, 0.05) is 30.5 Å². The van der Waals surface area contributed by atoms with Crippen LogP contribution in [0.1, 0.15) is 22.5 Å². The van der Waals surface area contributed by atoms with Crippen molar-refractivity contribution in [3.05, 3.63) is 86.1 Å². The van der Waals surface area contributed by atoms with Crippen molar-refractivity contribution in [2.75, 3.05) is 36.1 Å². The van der Waals surface area contributed by atoms with E-state index in [-0.39, 0.29) is 21.8 Å². The average molecular weight is 519 g/mol. The standard InChI is InChI=1S/C27H26N4O5S/c1-17-4-6-21(7-5-17)30-26(32)25(37-27(30)33)15-20-14-18(2)29(19(20)3)22-8-9-23(24(16-22)31(34)35)28-10-12-36-13-11-28/h4-9,14-16H,10-13H2,1-3H3/b25-15-. The number of rotatable bonds is 5. The summed E-state index contributed by atoms with van der Waals surface area (Å²) in [7, 11) is 0. The highest BCUT2D eigenvalue weighted by atomic mass is 32.2. The Morgan fingerprint density at radius 2 is 1.65 bits per heavy atom. The van der Waals surface area contributed by atoms with Gasteiger partial charge >= 0.3 is 0 Å². The Morgan fingerprint density at radius 3 is 2.32 bits per heavy atom. The molecular formula is C27H26N4O5S. The lowest BCUT2D eigenvalue weighted by Gasteiger charge is -2.28. The fourth-order valence-electron chi connectivity index (χ4n) is 4.73. The van der Waals surface area contributed by atoms with E-state index >= 15 is 0 Å². The molecule has 2 saturated heterocycles. The van der Waals surface area contributed by atoms with Gasteiger partial charge in [-0.15, -0.1) is 0 Å². The van der Waals surface area contributed by atoms with Gasteiger partial charge < -0.3 is 14.2 Å². The molecule has 0 unspecified atom stereocenters. The Bertz CT molecular complexity index is 1440. The van der Waals surface area contributed by atoms with Crippen molar-refractivity contribution in [3.63, 3.8) is 0 Å². The number of carbonyl (C=O) groups excluding carboxylic acids is 2. The number of morpholine rings is 1. The largest absolute Gasteiger partial charge is 0.378 e. The van der Waals surface area contributed by atoms with E-state index in [0.29, 0.717) is 48.3 Å². The molecule has 3 heterocycles. The van der Waals surface area contributed by atoms with Gasteiger partial charge in [-0.25, -0.2) is 4.90 Å². The molecule has 2 aliphatic heterocycles.